The van der Waals surface area contributed by atoms with Gasteiger partial charge in [-0.05, 0) is 30.2 Å². The molecule has 0 saturated carbocycles. The monoisotopic (exact) mass is 299 g/mol. The third-order valence-corrected chi connectivity index (χ3v) is 2.89. The minimum absolute atomic E-state index is 0.699. The van der Waals surface area contributed by atoms with Gasteiger partial charge >= 0.3 is 0 Å². The highest BCUT2D eigenvalue weighted by Gasteiger charge is 1.98. The summed E-state index contributed by atoms with van der Waals surface area (Å²) < 4.78 is 5.28. The van der Waals surface area contributed by atoms with Gasteiger partial charge in [-0.3, -0.25) is 4.99 Å². The Morgan fingerprint density at radius 1 is 0.909 bits per heavy atom. The van der Waals surface area contributed by atoms with E-state index >= 15 is 0 Å². The van der Waals surface area contributed by atoms with Crippen molar-refractivity contribution in [1.29, 1.82) is 0 Å². The largest absolute Gasteiger partial charge is 0.496 e. The van der Waals surface area contributed by atoms with Gasteiger partial charge in [0.15, 0.2) is 0 Å². The van der Waals surface area contributed by atoms with Crippen LogP contribution in [0.15, 0.2) is 53.5 Å². The zero-order valence-electron chi connectivity index (χ0n) is 14.8. The zero-order chi connectivity index (χ0) is 16.8. The quantitative estimate of drug-likeness (QED) is 0.666. The van der Waals surface area contributed by atoms with Gasteiger partial charge in [-0.25, -0.2) is 0 Å². The summed E-state index contributed by atoms with van der Waals surface area (Å²) in [5.41, 5.74) is 3.53. The number of para-hydroxylation sites is 1. The summed E-state index contributed by atoms with van der Waals surface area (Å²) in [6, 6.07) is 16.2. The molecule has 2 nitrogen and oxygen atoms in total. The molecule has 120 valence electrons. The standard InChI is InChI=1S/C16H17NO.2C2H6/c1-13-7-3-4-8-14(13)11-17-12-15-9-5-6-10-16(15)18-2;2*1-2/h3-10,12H,11H2,1-2H3;2*1-2H3. The van der Waals surface area contributed by atoms with Crippen molar-refractivity contribution < 1.29 is 4.74 Å². The van der Waals surface area contributed by atoms with Crippen molar-refractivity contribution in [2.75, 3.05) is 7.11 Å². The number of nitrogens with zero attached hydrogens (tertiary/aromatic N) is 1. The molecule has 0 aliphatic carbocycles. The molecule has 2 aromatic carbocycles. The van der Waals surface area contributed by atoms with E-state index in [-0.39, 0.29) is 0 Å². The molecule has 0 amide bonds. The average Bonchev–Trinajstić information content (AvgIpc) is 2.60. The first-order valence-electron chi connectivity index (χ1n) is 7.98. The fourth-order valence-corrected chi connectivity index (χ4v) is 1.80. The number of ether oxygens (including phenoxy) is 1. The van der Waals surface area contributed by atoms with E-state index in [0.29, 0.717) is 6.54 Å². The van der Waals surface area contributed by atoms with Crippen molar-refractivity contribution in [1.82, 2.24) is 0 Å². The van der Waals surface area contributed by atoms with Crippen molar-refractivity contribution in [2.45, 2.75) is 41.2 Å². The van der Waals surface area contributed by atoms with Crippen LogP contribution in [0.1, 0.15) is 44.4 Å². The SMILES string of the molecule is CC.CC.COc1ccccc1C=NCc1ccccc1C. The van der Waals surface area contributed by atoms with Crippen LogP contribution in [0.25, 0.3) is 0 Å². The molecule has 0 bridgehead atoms. The van der Waals surface area contributed by atoms with Gasteiger partial charge in [0.2, 0.25) is 0 Å². The molecule has 22 heavy (non-hydrogen) atoms. The summed E-state index contributed by atoms with van der Waals surface area (Å²) in [5, 5.41) is 0. The van der Waals surface area contributed by atoms with Crippen molar-refractivity contribution in [3.05, 3.63) is 65.2 Å². The summed E-state index contributed by atoms with van der Waals surface area (Å²) in [5.74, 6) is 0.853. The highest BCUT2D eigenvalue weighted by atomic mass is 16.5. The van der Waals surface area contributed by atoms with Gasteiger partial charge in [-0.1, -0.05) is 64.1 Å². The van der Waals surface area contributed by atoms with E-state index in [9.17, 15) is 0 Å². The Morgan fingerprint density at radius 2 is 1.50 bits per heavy atom. The van der Waals surface area contributed by atoms with Gasteiger partial charge in [-0.15, -0.1) is 0 Å². The minimum atomic E-state index is 0.699. The lowest BCUT2D eigenvalue weighted by Crippen LogP contribution is -1.91. The second-order valence-electron chi connectivity index (χ2n) is 4.14. The fourth-order valence-electron chi connectivity index (χ4n) is 1.80. The van der Waals surface area contributed by atoms with Crippen molar-refractivity contribution in [2.24, 2.45) is 4.99 Å². The van der Waals surface area contributed by atoms with E-state index in [4.69, 9.17) is 4.74 Å². The van der Waals surface area contributed by atoms with Crippen LogP contribution in [0.2, 0.25) is 0 Å². The zero-order valence-corrected chi connectivity index (χ0v) is 14.8. The Hall–Kier alpha value is -2.09. The lowest BCUT2D eigenvalue weighted by molar-refractivity contribution is 0.414. The molecule has 0 atom stereocenters. The molecule has 2 aromatic rings. The Kier molecular flexibility index (Phi) is 11.4. The van der Waals surface area contributed by atoms with Crippen LogP contribution >= 0.6 is 0 Å². The molecule has 0 fully saturated rings. The van der Waals surface area contributed by atoms with Crippen LogP contribution in [0.5, 0.6) is 5.75 Å². The van der Waals surface area contributed by atoms with E-state index in [1.165, 1.54) is 11.1 Å². The van der Waals surface area contributed by atoms with E-state index < -0.39 is 0 Å². The van der Waals surface area contributed by atoms with Gasteiger partial charge in [-0.2, -0.15) is 0 Å². The smallest absolute Gasteiger partial charge is 0.127 e. The normalized spacial score (nSPS) is 9.36. The highest BCUT2D eigenvalue weighted by Crippen LogP contribution is 2.15. The average molecular weight is 299 g/mol. The molecular weight excluding hydrogens is 270 g/mol. The Labute approximate surface area is 135 Å². The first kappa shape index (κ1) is 19.9. The van der Waals surface area contributed by atoms with Crippen LogP contribution < -0.4 is 4.74 Å². The van der Waals surface area contributed by atoms with Gasteiger partial charge in [0, 0.05) is 11.8 Å². The fraction of sp³-hybridized carbons (Fsp3) is 0.350. The third-order valence-electron chi connectivity index (χ3n) is 2.89. The maximum absolute atomic E-state index is 5.28. The maximum Gasteiger partial charge on any atom is 0.127 e. The van der Waals surface area contributed by atoms with E-state index in [0.717, 1.165) is 11.3 Å². The maximum atomic E-state index is 5.28. The summed E-state index contributed by atoms with van der Waals surface area (Å²) >= 11 is 0. The van der Waals surface area contributed by atoms with Crippen LogP contribution in [0.3, 0.4) is 0 Å². The summed E-state index contributed by atoms with van der Waals surface area (Å²) in [6.45, 7) is 10.8. The number of hydrogen-bond donors (Lipinski definition) is 0. The van der Waals surface area contributed by atoms with Crippen LogP contribution in [-0.2, 0) is 6.54 Å². The highest BCUT2D eigenvalue weighted by molar-refractivity contribution is 5.83. The van der Waals surface area contributed by atoms with E-state index in [1.54, 1.807) is 7.11 Å². The van der Waals surface area contributed by atoms with Crippen LogP contribution in [-0.4, -0.2) is 13.3 Å². The Morgan fingerprint density at radius 3 is 2.14 bits per heavy atom. The molecule has 0 N–H and O–H groups in total. The number of aryl methyl sites for hydroxylation is 1. The number of aliphatic imine (C=N–C) groups is 1. The summed E-state index contributed by atoms with van der Waals surface area (Å²) in [7, 11) is 1.67. The molecule has 0 unspecified atom stereocenters. The topological polar surface area (TPSA) is 21.6 Å². The first-order chi connectivity index (χ1) is 10.8. The molecule has 0 aliphatic heterocycles. The molecule has 0 spiro atoms. The molecule has 0 saturated heterocycles. The van der Waals surface area contributed by atoms with Crippen molar-refractivity contribution in [3.63, 3.8) is 0 Å². The third kappa shape index (κ3) is 6.57. The molecule has 0 aromatic heterocycles. The summed E-state index contributed by atoms with van der Waals surface area (Å²) in [6.07, 6.45) is 1.87. The van der Waals surface area contributed by atoms with Gasteiger partial charge < -0.3 is 4.74 Å². The van der Waals surface area contributed by atoms with E-state index in [1.807, 2.05) is 70.3 Å². The molecule has 0 radical (unpaired) electrons. The number of benzene rings is 2. The number of methoxy groups -OCH3 is 1. The Bertz CT molecular complexity index is 547. The lowest BCUT2D eigenvalue weighted by Gasteiger charge is -2.04. The van der Waals surface area contributed by atoms with Crippen LogP contribution in [0.4, 0.5) is 0 Å². The predicted octanol–water partition coefficient (Wildman–Crippen LogP) is 5.68. The van der Waals surface area contributed by atoms with Gasteiger partial charge in [0.05, 0.1) is 13.7 Å². The molecule has 2 rings (SSSR count). The molecule has 2 heteroatoms. The number of rotatable bonds is 4. The van der Waals surface area contributed by atoms with Gasteiger partial charge in [0.1, 0.15) is 5.75 Å². The van der Waals surface area contributed by atoms with Gasteiger partial charge in [0.25, 0.3) is 0 Å². The molecule has 0 aliphatic rings. The Balaban J connectivity index is 0.00000102. The molecular formula is C20H29NO. The second-order valence-corrected chi connectivity index (χ2v) is 4.14. The predicted molar refractivity (Wildman–Crippen MR) is 98.2 cm³/mol. The second kappa shape index (κ2) is 12.6. The minimum Gasteiger partial charge on any atom is -0.496 e. The molecule has 0 heterocycles. The lowest BCUT2D eigenvalue weighted by atomic mass is 10.1. The van der Waals surface area contributed by atoms with Crippen molar-refractivity contribution in [3.8, 4) is 5.75 Å². The number of hydrogen-bond acceptors (Lipinski definition) is 2. The van der Waals surface area contributed by atoms with Crippen molar-refractivity contribution >= 4 is 6.21 Å². The summed E-state index contributed by atoms with van der Waals surface area (Å²) in [4.78, 5) is 4.48. The van der Waals surface area contributed by atoms with E-state index in [2.05, 4.69) is 24.0 Å². The first-order valence-corrected chi connectivity index (χ1v) is 7.98. The van der Waals surface area contributed by atoms with Crippen LogP contribution in [0, 0.1) is 6.92 Å².